The summed E-state index contributed by atoms with van der Waals surface area (Å²) in [5, 5.41) is 0. The second kappa shape index (κ2) is 7.69. The van der Waals surface area contributed by atoms with Crippen molar-refractivity contribution in [3.63, 3.8) is 0 Å². The van der Waals surface area contributed by atoms with Gasteiger partial charge < -0.3 is 4.74 Å². The summed E-state index contributed by atoms with van der Waals surface area (Å²) in [4.78, 5) is 19.1. The summed E-state index contributed by atoms with van der Waals surface area (Å²) in [7, 11) is -0.145. The van der Waals surface area contributed by atoms with Crippen molar-refractivity contribution in [3.8, 4) is 5.75 Å². The molecule has 0 spiro atoms. The average molecular weight is 409 g/mol. The predicted molar refractivity (Wildman–Crippen MR) is 116 cm³/mol. The molecule has 0 aromatic heterocycles. The van der Waals surface area contributed by atoms with Gasteiger partial charge in [-0.15, -0.1) is 0 Å². The van der Waals surface area contributed by atoms with Crippen LogP contribution in [0.3, 0.4) is 0 Å². The lowest BCUT2D eigenvalue weighted by atomic mass is 9.91. The molecule has 0 aliphatic carbocycles. The largest absolute Gasteiger partial charge is 0.426 e. The molecule has 1 heterocycles. The topological polar surface area (TPSA) is 26.3 Å². The molecule has 0 unspecified atom stereocenters. The van der Waals surface area contributed by atoms with Crippen LogP contribution >= 0.6 is 0 Å². The van der Waals surface area contributed by atoms with Crippen molar-refractivity contribution in [1.29, 1.82) is 0 Å². The molecular formula is C24H24O2S2+2. The van der Waals surface area contributed by atoms with Crippen molar-refractivity contribution in [2.24, 2.45) is 5.41 Å². The fraction of sp³-hybridized carbons (Fsp3) is 0.208. The number of thiol groups is 1. The van der Waals surface area contributed by atoms with Crippen LogP contribution < -0.4 is 4.74 Å². The Morgan fingerprint density at radius 1 is 0.893 bits per heavy atom. The first-order valence-electron chi connectivity index (χ1n) is 9.46. The molecule has 2 nitrogen and oxygen atoms in total. The van der Waals surface area contributed by atoms with E-state index in [1.54, 1.807) is 0 Å². The Labute approximate surface area is 173 Å². The van der Waals surface area contributed by atoms with E-state index < -0.39 is 5.41 Å². The molecule has 0 amide bonds. The first-order valence-corrected chi connectivity index (χ1v) is 11.6. The fourth-order valence-corrected chi connectivity index (χ4v) is 6.89. The number of ether oxygens (including phenoxy) is 1. The highest BCUT2D eigenvalue weighted by Crippen LogP contribution is 2.41. The van der Waals surface area contributed by atoms with Gasteiger partial charge in [0.25, 0.3) is 0 Å². The van der Waals surface area contributed by atoms with E-state index in [9.17, 15) is 4.79 Å². The molecule has 0 radical (unpaired) electrons. The standard InChI is InChI=1S/C24H23O2S2/c1-4-24(2,3)23(25)26-17-13-15-18(16-14-17)28-21-11-7-5-9-19(21)27-20-10-6-8-12-22(20)28/h5-16H,4H2,1-3H3/q+1/p+1. The van der Waals surface area contributed by atoms with Gasteiger partial charge in [-0.2, -0.15) is 0 Å². The van der Waals surface area contributed by atoms with Gasteiger partial charge >= 0.3 is 5.97 Å². The van der Waals surface area contributed by atoms with Gasteiger partial charge in [0.1, 0.15) is 16.6 Å². The third kappa shape index (κ3) is 3.59. The lowest BCUT2D eigenvalue weighted by Gasteiger charge is -2.20. The Kier molecular flexibility index (Phi) is 5.26. The quantitative estimate of drug-likeness (QED) is 0.188. The predicted octanol–water partition coefficient (Wildman–Crippen LogP) is 5.67. The first kappa shape index (κ1) is 19.2. The molecule has 0 atom stereocenters. The maximum absolute atomic E-state index is 12.4. The number of carbonyl (C=O) groups is 1. The van der Waals surface area contributed by atoms with E-state index in [1.165, 1.54) is 36.2 Å². The summed E-state index contributed by atoms with van der Waals surface area (Å²) in [6.45, 7) is 5.84. The van der Waals surface area contributed by atoms with Crippen LogP contribution in [0.25, 0.3) is 0 Å². The van der Waals surface area contributed by atoms with Crippen molar-refractivity contribution in [2.75, 3.05) is 0 Å². The van der Waals surface area contributed by atoms with E-state index in [-0.39, 0.29) is 16.9 Å². The molecule has 0 fully saturated rings. The minimum Gasteiger partial charge on any atom is -0.426 e. The van der Waals surface area contributed by atoms with Crippen LogP contribution in [0.4, 0.5) is 0 Å². The van der Waals surface area contributed by atoms with Gasteiger partial charge in [-0.3, -0.25) is 4.79 Å². The normalized spacial score (nSPS) is 13.5. The molecule has 1 aliphatic rings. The zero-order valence-electron chi connectivity index (χ0n) is 16.3. The lowest BCUT2D eigenvalue weighted by molar-refractivity contribution is -0.144. The highest BCUT2D eigenvalue weighted by molar-refractivity contribution is 7.98. The Hall–Kier alpha value is -2.17. The number of benzene rings is 3. The van der Waals surface area contributed by atoms with E-state index in [1.807, 2.05) is 32.9 Å². The molecule has 0 N–H and O–H groups in total. The van der Waals surface area contributed by atoms with Crippen LogP contribution in [-0.4, -0.2) is 5.97 Å². The van der Waals surface area contributed by atoms with Crippen molar-refractivity contribution in [1.82, 2.24) is 0 Å². The second-order valence-electron chi connectivity index (χ2n) is 7.45. The smallest absolute Gasteiger partial charge is 0.316 e. The maximum atomic E-state index is 12.4. The van der Waals surface area contributed by atoms with E-state index in [0.29, 0.717) is 5.75 Å². The van der Waals surface area contributed by atoms with Crippen LogP contribution in [0.15, 0.2) is 97.3 Å². The third-order valence-electron chi connectivity index (χ3n) is 5.12. The van der Waals surface area contributed by atoms with E-state index in [2.05, 4.69) is 60.7 Å². The van der Waals surface area contributed by atoms with Gasteiger partial charge in [-0.25, -0.2) is 0 Å². The first-order chi connectivity index (χ1) is 13.5. The monoisotopic (exact) mass is 408 g/mol. The highest BCUT2D eigenvalue weighted by atomic mass is 32.2. The van der Waals surface area contributed by atoms with Crippen LogP contribution in [0.5, 0.6) is 5.75 Å². The maximum Gasteiger partial charge on any atom is 0.316 e. The zero-order chi connectivity index (χ0) is 19.7. The number of hydrogen-bond donors (Lipinski definition) is 0. The number of fused-ring (bicyclic) bond motifs is 2. The summed E-state index contributed by atoms with van der Waals surface area (Å²) in [6, 6.07) is 25.4. The molecule has 4 rings (SSSR count). The van der Waals surface area contributed by atoms with Gasteiger partial charge in [0.2, 0.25) is 19.6 Å². The third-order valence-corrected chi connectivity index (χ3v) is 9.02. The van der Waals surface area contributed by atoms with Gasteiger partial charge in [0.05, 0.1) is 17.2 Å². The van der Waals surface area contributed by atoms with Crippen molar-refractivity contribution in [3.05, 3.63) is 72.8 Å². The van der Waals surface area contributed by atoms with E-state index in [0.717, 1.165) is 6.42 Å². The van der Waals surface area contributed by atoms with Gasteiger partial charge in [0.15, 0.2) is 4.90 Å². The molecular weight excluding hydrogens is 384 g/mol. The highest BCUT2D eigenvalue weighted by Gasteiger charge is 2.42. The van der Waals surface area contributed by atoms with Crippen LogP contribution in [-0.2, 0) is 27.5 Å². The Balaban J connectivity index is 1.68. The van der Waals surface area contributed by atoms with E-state index in [4.69, 9.17) is 4.74 Å². The summed E-state index contributed by atoms with van der Waals surface area (Å²) < 4.78 is 5.61. The number of esters is 1. The fourth-order valence-electron chi connectivity index (χ4n) is 2.98. The molecule has 0 saturated heterocycles. The second-order valence-corrected chi connectivity index (χ2v) is 10.6. The van der Waals surface area contributed by atoms with Gasteiger partial charge in [0, 0.05) is 0 Å². The number of carbonyl (C=O) groups excluding carboxylic acids is 1. The molecule has 142 valence electrons. The minimum atomic E-state index is -0.471. The molecule has 4 heteroatoms. The Morgan fingerprint density at radius 2 is 1.43 bits per heavy atom. The summed E-state index contributed by atoms with van der Waals surface area (Å²) >= 11 is 1.27. The van der Waals surface area contributed by atoms with Crippen molar-refractivity contribution >= 4 is 28.6 Å². The number of rotatable bonds is 4. The van der Waals surface area contributed by atoms with Crippen LogP contribution in [0.2, 0.25) is 0 Å². The Morgan fingerprint density at radius 3 is 1.96 bits per heavy atom. The minimum absolute atomic E-state index is 0.145. The molecule has 28 heavy (non-hydrogen) atoms. The molecule has 1 aliphatic heterocycles. The average Bonchev–Trinajstić information content (AvgIpc) is 2.72. The SMILES string of the molecule is CCC(C)(C)C(=O)Oc1ccc([S+]2c3ccccc3[SH+]c3ccccc32)cc1. The summed E-state index contributed by atoms with van der Waals surface area (Å²) in [5.41, 5.74) is -0.471. The van der Waals surface area contributed by atoms with Crippen LogP contribution in [0.1, 0.15) is 27.2 Å². The van der Waals surface area contributed by atoms with Gasteiger partial charge in [-0.1, -0.05) is 31.2 Å². The van der Waals surface area contributed by atoms with Crippen LogP contribution in [0, 0.1) is 5.41 Å². The number of hydrogen-bond acceptors (Lipinski definition) is 2. The molecule has 3 aromatic carbocycles. The molecule has 0 bridgehead atoms. The molecule has 3 aromatic rings. The van der Waals surface area contributed by atoms with Crippen molar-refractivity contribution < 1.29 is 9.53 Å². The van der Waals surface area contributed by atoms with E-state index >= 15 is 0 Å². The Bertz CT molecular complexity index is 964. The lowest BCUT2D eigenvalue weighted by Crippen LogP contribution is -2.28. The zero-order valence-corrected chi connectivity index (χ0v) is 18.0. The molecule has 0 saturated carbocycles. The van der Waals surface area contributed by atoms with Gasteiger partial charge in [-0.05, 0) is 68.8 Å². The summed E-state index contributed by atoms with van der Waals surface area (Å²) in [5.74, 6) is 0.424. The summed E-state index contributed by atoms with van der Waals surface area (Å²) in [6.07, 6.45) is 0.750. The van der Waals surface area contributed by atoms with Crippen molar-refractivity contribution in [2.45, 2.75) is 51.7 Å².